The molecule has 0 spiro atoms. The Morgan fingerprint density at radius 1 is 0.850 bits per heavy atom. The Balaban J connectivity index is 1.88. The minimum Gasteiger partial charge on any atom is -0.377 e. The van der Waals surface area contributed by atoms with Gasteiger partial charge in [-0.1, -0.05) is 54.6 Å². The van der Waals surface area contributed by atoms with Gasteiger partial charge in [-0.15, -0.1) is 0 Å². The second-order valence-corrected chi connectivity index (χ2v) is 4.83. The Hall–Kier alpha value is -1.93. The predicted molar refractivity (Wildman–Crippen MR) is 80.6 cm³/mol. The maximum Gasteiger partial charge on any atom is 0.141 e. The number of rotatable bonds is 7. The van der Waals surface area contributed by atoms with Crippen molar-refractivity contribution in [1.29, 1.82) is 0 Å². The molecule has 0 radical (unpaired) electrons. The van der Waals surface area contributed by atoms with E-state index in [1.807, 2.05) is 61.5 Å². The van der Waals surface area contributed by atoms with E-state index in [0.717, 1.165) is 23.3 Å². The van der Waals surface area contributed by atoms with Gasteiger partial charge in [-0.3, -0.25) is 4.79 Å². The zero-order valence-electron chi connectivity index (χ0n) is 11.8. The van der Waals surface area contributed by atoms with E-state index >= 15 is 0 Å². The summed E-state index contributed by atoms with van der Waals surface area (Å²) in [5, 5.41) is 0. The van der Waals surface area contributed by atoms with Gasteiger partial charge in [-0.2, -0.15) is 0 Å². The summed E-state index contributed by atoms with van der Waals surface area (Å²) in [6.45, 7) is 3.34. The van der Waals surface area contributed by atoms with E-state index in [2.05, 4.69) is 0 Å². The zero-order chi connectivity index (χ0) is 14.2. The smallest absolute Gasteiger partial charge is 0.141 e. The zero-order valence-corrected chi connectivity index (χ0v) is 11.8. The number of hydrogen-bond acceptors (Lipinski definition) is 2. The van der Waals surface area contributed by atoms with Crippen LogP contribution >= 0.6 is 0 Å². The Morgan fingerprint density at radius 2 is 1.40 bits per heavy atom. The van der Waals surface area contributed by atoms with Crippen LogP contribution in [0.15, 0.2) is 54.6 Å². The van der Waals surface area contributed by atoms with E-state index in [0.29, 0.717) is 19.4 Å². The minimum absolute atomic E-state index is 0.244. The Bertz CT molecular complexity index is 529. The first-order chi connectivity index (χ1) is 9.78. The molecule has 2 aromatic rings. The van der Waals surface area contributed by atoms with Crippen LogP contribution in [0.3, 0.4) is 0 Å². The van der Waals surface area contributed by atoms with E-state index in [9.17, 15) is 4.79 Å². The van der Waals surface area contributed by atoms with E-state index in [1.54, 1.807) is 0 Å². The van der Waals surface area contributed by atoms with Crippen LogP contribution in [0.1, 0.15) is 23.6 Å². The van der Waals surface area contributed by atoms with Crippen LogP contribution in [0.4, 0.5) is 0 Å². The van der Waals surface area contributed by atoms with Gasteiger partial charge in [-0.05, 0) is 23.6 Å². The molecule has 0 bridgehead atoms. The van der Waals surface area contributed by atoms with Gasteiger partial charge >= 0.3 is 0 Å². The normalized spacial score (nSPS) is 10.4. The molecule has 0 unspecified atom stereocenters. The quantitative estimate of drug-likeness (QED) is 0.767. The summed E-state index contributed by atoms with van der Waals surface area (Å²) in [4.78, 5) is 12.0. The van der Waals surface area contributed by atoms with Gasteiger partial charge in [0, 0.05) is 19.4 Å². The first-order valence-electron chi connectivity index (χ1n) is 6.99. The summed E-state index contributed by atoms with van der Waals surface area (Å²) in [5.74, 6) is 0.244. The van der Waals surface area contributed by atoms with Gasteiger partial charge in [0.2, 0.25) is 0 Å². The summed E-state index contributed by atoms with van der Waals surface area (Å²) in [5.41, 5.74) is 3.28. The van der Waals surface area contributed by atoms with Crippen molar-refractivity contribution in [2.24, 2.45) is 0 Å². The third-order valence-corrected chi connectivity index (χ3v) is 3.14. The average Bonchev–Trinajstić information content (AvgIpc) is 2.47. The van der Waals surface area contributed by atoms with Crippen molar-refractivity contribution < 1.29 is 9.53 Å². The molecule has 0 aliphatic rings. The van der Waals surface area contributed by atoms with Crippen molar-refractivity contribution in [3.05, 3.63) is 71.3 Å². The molecule has 0 aliphatic carbocycles. The molecule has 0 aliphatic heterocycles. The fraction of sp³-hybridized carbons (Fsp3) is 0.278. The first kappa shape index (κ1) is 14.5. The van der Waals surface area contributed by atoms with Crippen LogP contribution in [-0.2, 0) is 29.0 Å². The molecular formula is C18H20O2. The molecule has 0 aromatic heterocycles. The lowest BCUT2D eigenvalue weighted by Crippen LogP contribution is -2.06. The van der Waals surface area contributed by atoms with Crippen LogP contribution in [0.2, 0.25) is 0 Å². The number of benzene rings is 2. The summed E-state index contributed by atoms with van der Waals surface area (Å²) in [6, 6.07) is 17.9. The van der Waals surface area contributed by atoms with Gasteiger partial charge in [0.25, 0.3) is 0 Å². The van der Waals surface area contributed by atoms with Crippen molar-refractivity contribution in [1.82, 2.24) is 0 Å². The lowest BCUT2D eigenvalue weighted by atomic mass is 10.0. The van der Waals surface area contributed by atoms with Crippen molar-refractivity contribution in [2.45, 2.75) is 26.4 Å². The molecule has 2 aromatic carbocycles. The number of carbonyl (C=O) groups is 1. The van der Waals surface area contributed by atoms with Crippen LogP contribution in [0, 0.1) is 0 Å². The van der Waals surface area contributed by atoms with Gasteiger partial charge in [0.15, 0.2) is 0 Å². The summed E-state index contributed by atoms with van der Waals surface area (Å²) < 4.78 is 5.35. The second-order valence-electron chi connectivity index (χ2n) is 4.83. The van der Waals surface area contributed by atoms with Crippen LogP contribution < -0.4 is 0 Å². The van der Waals surface area contributed by atoms with E-state index in [4.69, 9.17) is 4.74 Å². The summed E-state index contributed by atoms with van der Waals surface area (Å²) in [7, 11) is 0. The first-order valence-corrected chi connectivity index (χ1v) is 6.99. The second kappa shape index (κ2) is 7.61. The molecule has 0 saturated carbocycles. The molecule has 0 atom stereocenters. The Morgan fingerprint density at radius 3 is 2.00 bits per heavy atom. The monoisotopic (exact) mass is 268 g/mol. The van der Waals surface area contributed by atoms with Crippen molar-refractivity contribution >= 4 is 5.78 Å². The van der Waals surface area contributed by atoms with Gasteiger partial charge in [-0.25, -0.2) is 0 Å². The molecule has 0 saturated heterocycles. The SMILES string of the molecule is CCOCc1ccc(CC(=O)Cc2ccccc2)cc1. The molecule has 104 valence electrons. The molecular weight excluding hydrogens is 248 g/mol. The topological polar surface area (TPSA) is 26.3 Å². The molecule has 2 heteroatoms. The largest absolute Gasteiger partial charge is 0.377 e. The Kier molecular flexibility index (Phi) is 5.51. The van der Waals surface area contributed by atoms with Crippen LogP contribution in [0.5, 0.6) is 0 Å². The van der Waals surface area contributed by atoms with E-state index in [-0.39, 0.29) is 5.78 Å². The predicted octanol–water partition coefficient (Wildman–Crippen LogP) is 3.58. The molecule has 0 N–H and O–H groups in total. The third kappa shape index (κ3) is 4.63. The van der Waals surface area contributed by atoms with Gasteiger partial charge in [0.05, 0.1) is 6.61 Å². The molecule has 2 rings (SSSR count). The van der Waals surface area contributed by atoms with Crippen LogP contribution in [0.25, 0.3) is 0 Å². The summed E-state index contributed by atoms with van der Waals surface area (Å²) >= 11 is 0. The molecule has 20 heavy (non-hydrogen) atoms. The highest BCUT2D eigenvalue weighted by Gasteiger charge is 2.05. The maximum absolute atomic E-state index is 12.0. The highest BCUT2D eigenvalue weighted by atomic mass is 16.5. The van der Waals surface area contributed by atoms with Gasteiger partial charge in [0.1, 0.15) is 5.78 Å². The number of carbonyl (C=O) groups excluding carboxylic acids is 1. The minimum atomic E-state index is 0.244. The third-order valence-electron chi connectivity index (χ3n) is 3.14. The number of ether oxygens (including phenoxy) is 1. The van der Waals surface area contributed by atoms with E-state index < -0.39 is 0 Å². The fourth-order valence-corrected chi connectivity index (χ4v) is 2.09. The molecule has 0 heterocycles. The number of hydrogen-bond donors (Lipinski definition) is 0. The standard InChI is InChI=1S/C18H20O2/c1-2-20-14-17-10-8-16(9-11-17)13-18(19)12-15-6-4-3-5-7-15/h3-11H,2,12-14H2,1H3. The van der Waals surface area contributed by atoms with Crippen molar-refractivity contribution in [3.63, 3.8) is 0 Å². The average molecular weight is 268 g/mol. The molecule has 0 fully saturated rings. The maximum atomic E-state index is 12.0. The number of Topliss-reactive ketones (excluding diaryl/α,β-unsaturated/α-hetero) is 1. The van der Waals surface area contributed by atoms with Crippen molar-refractivity contribution in [3.8, 4) is 0 Å². The fourth-order valence-electron chi connectivity index (χ4n) is 2.09. The lowest BCUT2D eigenvalue weighted by molar-refractivity contribution is -0.117. The highest BCUT2D eigenvalue weighted by Crippen LogP contribution is 2.09. The number of ketones is 1. The van der Waals surface area contributed by atoms with Crippen LogP contribution in [-0.4, -0.2) is 12.4 Å². The van der Waals surface area contributed by atoms with Gasteiger partial charge < -0.3 is 4.74 Å². The Labute approximate surface area is 120 Å². The van der Waals surface area contributed by atoms with Crippen molar-refractivity contribution in [2.75, 3.05) is 6.61 Å². The highest BCUT2D eigenvalue weighted by molar-refractivity contribution is 5.83. The molecule has 0 amide bonds. The summed E-state index contributed by atoms with van der Waals surface area (Å²) in [6.07, 6.45) is 0.991. The molecule has 2 nitrogen and oxygen atoms in total. The lowest BCUT2D eigenvalue weighted by Gasteiger charge is -2.05. The van der Waals surface area contributed by atoms with E-state index in [1.165, 1.54) is 0 Å².